The van der Waals surface area contributed by atoms with Crippen molar-refractivity contribution in [3.63, 3.8) is 0 Å². The summed E-state index contributed by atoms with van der Waals surface area (Å²) in [6, 6.07) is 0. The van der Waals surface area contributed by atoms with E-state index in [0.29, 0.717) is 48.2 Å². The number of carbonyl (C=O) groups is 3. The van der Waals surface area contributed by atoms with Crippen molar-refractivity contribution in [2.24, 2.45) is 0 Å². The van der Waals surface area contributed by atoms with Crippen LogP contribution in [-0.2, 0) is 32.7 Å². The summed E-state index contributed by atoms with van der Waals surface area (Å²) in [7, 11) is -3.89. The second-order valence-electron chi connectivity index (χ2n) is 14.9. The Kier molecular flexibility index (Phi) is 13.7. The molecule has 48 heavy (non-hydrogen) atoms. The zero-order chi connectivity index (χ0) is 35.9. The Morgan fingerprint density at radius 3 is 2.35 bits per heavy atom. The van der Waals surface area contributed by atoms with Crippen LogP contribution >= 0.6 is 0 Å². The standard InChI is InChI=1S/C32H56N6O8Si2/c1-21(2)47(8,9)43-18-24-23(46-48(10,11)22(3)4)17-26(44-24)38-20-36-28-29(34-19-35-30(28)38)37-25(39)13-14-27(40)42-16-12-15-33-31(41)45-32(5,6)7/h19-24,26H,12-18H2,1-11H3,(H,33,41)(H,34,35,37,39)/t23?,24-,26-/m1/s1. The fourth-order valence-corrected chi connectivity index (χ4v) is 6.76. The predicted octanol–water partition coefficient (Wildman–Crippen LogP) is 5.92. The van der Waals surface area contributed by atoms with E-state index in [4.69, 9.17) is 23.1 Å². The second kappa shape index (κ2) is 16.7. The molecular weight excluding hydrogens is 653 g/mol. The number of esters is 1. The Morgan fingerprint density at radius 2 is 1.71 bits per heavy atom. The molecule has 0 spiro atoms. The van der Waals surface area contributed by atoms with E-state index in [2.05, 4.69) is 79.5 Å². The van der Waals surface area contributed by atoms with Gasteiger partial charge in [0, 0.05) is 19.4 Å². The molecule has 1 aliphatic rings. The van der Waals surface area contributed by atoms with E-state index < -0.39 is 40.2 Å². The van der Waals surface area contributed by atoms with E-state index >= 15 is 0 Å². The molecule has 2 N–H and O–H groups in total. The van der Waals surface area contributed by atoms with Gasteiger partial charge in [0.2, 0.25) is 5.91 Å². The van der Waals surface area contributed by atoms with Gasteiger partial charge in [-0.3, -0.25) is 14.2 Å². The molecule has 1 aliphatic heterocycles. The Labute approximate surface area is 286 Å². The van der Waals surface area contributed by atoms with Gasteiger partial charge >= 0.3 is 12.1 Å². The van der Waals surface area contributed by atoms with Gasteiger partial charge in [0.15, 0.2) is 33.6 Å². The van der Waals surface area contributed by atoms with Gasteiger partial charge in [0.05, 0.1) is 32.1 Å². The van der Waals surface area contributed by atoms with Gasteiger partial charge in [-0.15, -0.1) is 0 Å². The van der Waals surface area contributed by atoms with Crippen LogP contribution in [0.2, 0.25) is 37.3 Å². The second-order valence-corrected chi connectivity index (χ2v) is 24.2. The van der Waals surface area contributed by atoms with E-state index in [1.54, 1.807) is 27.1 Å². The van der Waals surface area contributed by atoms with Crippen LogP contribution in [-0.4, -0.2) is 91.7 Å². The molecule has 16 heteroatoms. The van der Waals surface area contributed by atoms with Crippen LogP contribution in [0.5, 0.6) is 0 Å². The summed E-state index contributed by atoms with van der Waals surface area (Å²) >= 11 is 0. The number of ether oxygens (including phenoxy) is 3. The highest BCUT2D eigenvalue weighted by molar-refractivity contribution is 6.72. The average molecular weight is 709 g/mol. The molecule has 3 atom stereocenters. The maximum absolute atomic E-state index is 12.7. The molecule has 1 unspecified atom stereocenters. The number of imidazole rings is 1. The number of aromatic nitrogens is 4. The molecule has 270 valence electrons. The van der Waals surface area contributed by atoms with Crippen LogP contribution in [0.1, 0.15) is 80.4 Å². The van der Waals surface area contributed by atoms with Crippen molar-refractivity contribution in [2.45, 2.75) is 135 Å². The predicted molar refractivity (Wildman–Crippen MR) is 188 cm³/mol. The molecule has 2 aromatic heterocycles. The van der Waals surface area contributed by atoms with Crippen molar-refractivity contribution in [1.82, 2.24) is 24.8 Å². The lowest BCUT2D eigenvalue weighted by Crippen LogP contribution is -2.44. The lowest BCUT2D eigenvalue weighted by Gasteiger charge is -2.34. The van der Waals surface area contributed by atoms with E-state index in [0.717, 1.165) is 0 Å². The van der Waals surface area contributed by atoms with Gasteiger partial charge in [0.25, 0.3) is 0 Å². The van der Waals surface area contributed by atoms with Gasteiger partial charge in [-0.1, -0.05) is 27.7 Å². The van der Waals surface area contributed by atoms with Crippen molar-refractivity contribution in [1.29, 1.82) is 0 Å². The van der Waals surface area contributed by atoms with Crippen LogP contribution in [0.4, 0.5) is 10.6 Å². The van der Waals surface area contributed by atoms with E-state index in [9.17, 15) is 14.4 Å². The lowest BCUT2D eigenvalue weighted by atomic mass is 10.2. The minimum atomic E-state index is -1.99. The summed E-state index contributed by atoms with van der Waals surface area (Å²) in [4.78, 5) is 49.8. The number of alkyl carbamates (subject to hydrolysis) is 1. The topological polar surface area (TPSA) is 165 Å². The number of hydrogen-bond acceptors (Lipinski definition) is 11. The summed E-state index contributed by atoms with van der Waals surface area (Å²) < 4.78 is 32.1. The van der Waals surface area contributed by atoms with E-state index in [1.165, 1.54) is 6.33 Å². The van der Waals surface area contributed by atoms with Crippen LogP contribution < -0.4 is 10.6 Å². The smallest absolute Gasteiger partial charge is 0.407 e. The molecule has 0 aliphatic carbocycles. The average Bonchev–Trinajstić information content (AvgIpc) is 3.58. The molecule has 3 rings (SSSR count). The fourth-order valence-electron chi connectivity index (χ4n) is 4.53. The lowest BCUT2D eigenvalue weighted by molar-refractivity contribution is -0.144. The van der Waals surface area contributed by atoms with Gasteiger partial charge in [-0.25, -0.2) is 19.7 Å². The van der Waals surface area contributed by atoms with Crippen LogP contribution in [0.15, 0.2) is 12.7 Å². The maximum Gasteiger partial charge on any atom is 0.407 e. The molecule has 3 heterocycles. The highest BCUT2D eigenvalue weighted by Crippen LogP contribution is 2.37. The van der Waals surface area contributed by atoms with E-state index in [1.807, 2.05) is 4.57 Å². The van der Waals surface area contributed by atoms with Gasteiger partial charge in [-0.05, 0) is 64.5 Å². The number of nitrogens with one attached hydrogen (secondary N) is 2. The molecule has 2 aromatic rings. The molecule has 0 bridgehead atoms. The normalized spacial score (nSPS) is 18.8. The molecule has 1 saturated heterocycles. The monoisotopic (exact) mass is 708 g/mol. The Hall–Kier alpha value is -2.93. The minimum Gasteiger partial charge on any atom is -0.466 e. The summed E-state index contributed by atoms with van der Waals surface area (Å²) in [5, 5.41) is 5.35. The molecule has 0 radical (unpaired) electrons. The third-order valence-corrected chi connectivity index (χ3v) is 16.2. The SMILES string of the molecule is CC(C)[Si](C)(C)OC[C@H]1O[C@@H](n2cnc3c(NC(=O)CCC(=O)OCCCNC(=O)OC(C)(C)C)ncnc32)CC1O[Si](C)(C)C(C)C. The number of rotatable bonds is 16. The maximum atomic E-state index is 12.7. The molecule has 1 fully saturated rings. The number of nitrogens with zero attached hydrogens (tertiary/aromatic N) is 4. The zero-order valence-corrected chi connectivity index (χ0v) is 32.5. The highest BCUT2D eigenvalue weighted by atomic mass is 28.4. The van der Waals surface area contributed by atoms with Crippen molar-refractivity contribution in [2.75, 3.05) is 25.1 Å². The highest BCUT2D eigenvalue weighted by Gasteiger charge is 2.43. The van der Waals surface area contributed by atoms with Crippen LogP contribution in [0.25, 0.3) is 11.2 Å². The summed E-state index contributed by atoms with van der Waals surface area (Å²) in [5.74, 6) is -0.681. The van der Waals surface area contributed by atoms with E-state index in [-0.39, 0.29) is 43.7 Å². The first kappa shape index (κ1) is 39.5. The summed E-state index contributed by atoms with van der Waals surface area (Å²) in [6.45, 7) is 23.9. The summed E-state index contributed by atoms with van der Waals surface area (Å²) in [5.41, 5.74) is 1.24. The molecule has 0 saturated carbocycles. The van der Waals surface area contributed by atoms with Crippen LogP contribution in [0.3, 0.4) is 0 Å². The van der Waals surface area contributed by atoms with Crippen molar-refractivity contribution >= 4 is 51.6 Å². The third-order valence-electron chi connectivity index (χ3n) is 8.77. The molecule has 2 amide bonds. The van der Waals surface area contributed by atoms with Gasteiger partial charge < -0.3 is 33.7 Å². The minimum absolute atomic E-state index is 0.0980. The molecule has 14 nitrogen and oxygen atoms in total. The fraction of sp³-hybridized carbons (Fsp3) is 0.750. The zero-order valence-electron chi connectivity index (χ0n) is 30.5. The number of fused-ring (bicyclic) bond motifs is 1. The number of amides is 2. The number of carbonyl (C=O) groups excluding carboxylic acids is 3. The first-order chi connectivity index (χ1) is 22.3. The number of hydrogen-bond donors (Lipinski definition) is 2. The quantitative estimate of drug-likeness (QED) is 0.121. The first-order valence-corrected chi connectivity index (χ1v) is 22.8. The molecular formula is C32H56N6O8Si2. The molecule has 0 aromatic carbocycles. The van der Waals surface area contributed by atoms with Crippen molar-refractivity contribution in [3.05, 3.63) is 12.7 Å². The Balaban J connectivity index is 1.58. The van der Waals surface area contributed by atoms with Gasteiger partial charge in [-0.2, -0.15) is 0 Å². The van der Waals surface area contributed by atoms with Crippen molar-refractivity contribution in [3.8, 4) is 0 Å². The summed E-state index contributed by atoms with van der Waals surface area (Å²) in [6.07, 6.45) is 2.52. The Bertz CT molecular complexity index is 1390. The number of anilines is 1. The Morgan fingerprint density at radius 1 is 1.02 bits per heavy atom. The first-order valence-electron chi connectivity index (χ1n) is 16.9. The largest absolute Gasteiger partial charge is 0.466 e. The third kappa shape index (κ3) is 11.6. The van der Waals surface area contributed by atoms with Crippen LogP contribution in [0, 0.1) is 0 Å². The van der Waals surface area contributed by atoms with Gasteiger partial charge in [0.1, 0.15) is 24.3 Å². The van der Waals surface area contributed by atoms with Crippen molar-refractivity contribution < 1.29 is 37.4 Å².